The molecule has 1 heterocycles. The Labute approximate surface area is 104 Å². The molecule has 0 amide bonds. The predicted molar refractivity (Wildman–Crippen MR) is 53.4 cm³/mol. The van der Waals surface area contributed by atoms with E-state index in [2.05, 4.69) is 8.71 Å². The molecule has 102 valence electrons. The summed E-state index contributed by atoms with van der Waals surface area (Å²) in [4.78, 5) is 5.80. The summed E-state index contributed by atoms with van der Waals surface area (Å²) in [5, 5.41) is 0.937. The van der Waals surface area contributed by atoms with Crippen molar-refractivity contribution in [2.75, 3.05) is 6.79 Å². The third-order valence-corrected chi connectivity index (χ3v) is 4.22. The molecule has 0 saturated heterocycles. The number of hydrogen-bond donors (Lipinski definition) is 1. The first kappa shape index (κ1) is 15.5. The maximum atomic E-state index is 12.4. The summed E-state index contributed by atoms with van der Waals surface area (Å²) < 4.78 is 78.0. The van der Waals surface area contributed by atoms with Gasteiger partial charge in [0, 0.05) is 4.57 Å². The molecule has 18 heavy (non-hydrogen) atoms. The molecule has 0 bridgehead atoms. The fraction of sp³-hybridized carbons (Fsp3) is 0.333. The highest BCUT2D eigenvalue weighted by atomic mass is 32.2. The lowest BCUT2D eigenvalue weighted by Gasteiger charge is -2.07. The SMILES string of the molecule is O=[P+](O)OCOS(=O)(=O)c1ccsc1C(F)(F)F. The Kier molecular flexibility index (Phi) is 4.81. The second-order valence-corrected chi connectivity index (χ2v) is 5.90. The van der Waals surface area contributed by atoms with Crippen molar-refractivity contribution in [1.29, 1.82) is 0 Å². The second-order valence-electron chi connectivity index (χ2n) is 2.67. The molecule has 0 spiro atoms. The van der Waals surface area contributed by atoms with Crippen LogP contribution in [0.3, 0.4) is 0 Å². The summed E-state index contributed by atoms with van der Waals surface area (Å²) in [6.07, 6.45) is -4.83. The molecule has 1 aromatic heterocycles. The van der Waals surface area contributed by atoms with E-state index in [4.69, 9.17) is 4.89 Å². The Hall–Kier alpha value is -0.580. The smallest absolute Gasteiger partial charge is 0.232 e. The van der Waals surface area contributed by atoms with Crippen molar-refractivity contribution in [3.63, 3.8) is 0 Å². The number of thiophene rings is 1. The molecule has 0 aliphatic carbocycles. The van der Waals surface area contributed by atoms with Gasteiger partial charge in [-0.05, 0) is 11.4 Å². The summed E-state index contributed by atoms with van der Waals surface area (Å²) >= 11 is 0.191. The first-order valence-corrected chi connectivity index (χ1v) is 7.39. The van der Waals surface area contributed by atoms with Crippen LogP contribution < -0.4 is 0 Å². The van der Waals surface area contributed by atoms with E-state index in [0.29, 0.717) is 0 Å². The maximum Gasteiger partial charge on any atom is 0.697 e. The fourth-order valence-corrected chi connectivity index (χ4v) is 3.18. The minimum absolute atomic E-state index is 0.191. The standard InChI is InChI=1S/C6H4F3O6PS2/c7-6(8,9)5-4(1-2-17-5)18(12,13)15-3-14-16(10)11/h1-2H,3H2/p+1. The van der Waals surface area contributed by atoms with Gasteiger partial charge >= 0.3 is 24.5 Å². The molecular formula is C6H5F3O6PS2+. The van der Waals surface area contributed by atoms with Gasteiger partial charge in [0.1, 0.15) is 9.77 Å². The van der Waals surface area contributed by atoms with Crippen LogP contribution in [-0.4, -0.2) is 20.1 Å². The molecule has 1 atom stereocenters. The van der Waals surface area contributed by atoms with Crippen LogP contribution in [0.1, 0.15) is 4.88 Å². The van der Waals surface area contributed by atoms with Crippen LogP contribution in [0, 0.1) is 0 Å². The lowest BCUT2D eigenvalue weighted by Crippen LogP contribution is -2.13. The Bertz CT molecular complexity index is 536. The first-order chi connectivity index (χ1) is 8.14. The van der Waals surface area contributed by atoms with Gasteiger partial charge in [0.25, 0.3) is 0 Å². The summed E-state index contributed by atoms with van der Waals surface area (Å²) in [5.74, 6) is 0. The highest BCUT2D eigenvalue weighted by Gasteiger charge is 2.39. The summed E-state index contributed by atoms with van der Waals surface area (Å²) in [6, 6.07) is 0.724. The molecule has 1 unspecified atom stereocenters. The van der Waals surface area contributed by atoms with Crippen LogP contribution in [0.2, 0.25) is 0 Å². The maximum absolute atomic E-state index is 12.4. The molecule has 0 aliphatic heterocycles. The zero-order chi connectivity index (χ0) is 14.0. The summed E-state index contributed by atoms with van der Waals surface area (Å²) in [5.41, 5.74) is 0. The quantitative estimate of drug-likeness (QED) is 0.506. The van der Waals surface area contributed by atoms with Crippen molar-refractivity contribution >= 4 is 29.7 Å². The fourth-order valence-electron chi connectivity index (χ4n) is 0.894. The van der Waals surface area contributed by atoms with E-state index in [1.165, 1.54) is 0 Å². The zero-order valence-corrected chi connectivity index (χ0v) is 10.8. The molecular weight excluding hydrogens is 320 g/mol. The summed E-state index contributed by atoms with van der Waals surface area (Å²) in [6.45, 7) is -1.15. The topological polar surface area (TPSA) is 89.9 Å². The van der Waals surface area contributed by atoms with Gasteiger partial charge in [0.05, 0.1) is 0 Å². The average Bonchev–Trinajstić information content (AvgIpc) is 2.64. The van der Waals surface area contributed by atoms with Crippen LogP contribution in [0.4, 0.5) is 13.2 Å². The van der Waals surface area contributed by atoms with Crippen LogP contribution in [0.25, 0.3) is 0 Å². The normalized spacial score (nSPS) is 13.7. The monoisotopic (exact) mass is 325 g/mol. The van der Waals surface area contributed by atoms with Crippen molar-refractivity contribution in [3.05, 3.63) is 16.3 Å². The van der Waals surface area contributed by atoms with Gasteiger partial charge in [0.2, 0.25) is 6.79 Å². The van der Waals surface area contributed by atoms with E-state index in [9.17, 15) is 26.2 Å². The van der Waals surface area contributed by atoms with Gasteiger partial charge in [-0.1, -0.05) is 4.52 Å². The van der Waals surface area contributed by atoms with Gasteiger partial charge < -0.3 is 0 Å². The largest absolute Gasteiger partial charge is 0.697 e. The van der Waals surface area contributed by atoms with Crippen molar-refractivity contribution in [1.82, 2.24) is 0 Å². The molecule has 1 rings (SSSR count). The first-order valence-electron chi connectivity index (χ1n) is 3.98. The molecule has 1 N–H and O–H groups in total. The van der Waals surface area contributed by atoms with Gasteiger partial charge in [-0.3, -0.25) is 0 Å². The van der Waals surface area contributed by atoms with E-state index in [1.54, 1.807) is 0 Å². The molecule has 12 heteroatoms. The minimum atomic E-state index is -4.83. The van der Waals surface area contributed by atoms with Gasteiger partial charge in [-0.2, -0.15) is 21.6 Å². The molecule has 0 radical (unpaired) electrons. The van der Waals surface area contributed by atoms with Crippen LogP contribution in [0.15, 0.2) is 16.3 Å². The van der Waals surface area contributed by atoms with Crippen molar-refractivity contribution in [3.8, 4) is 0 Å². The Morgan fingerprint density at radius 1 is 1.44 bits per heavy atom. The van der Waals surface area contributed by atoms with Crippen LogP contribution in [0.5, 0.6) is 0 Å². The minimum Gasteiger partial charge on any atom is -0.232 e. The zero-order valence-electron chi connectivity index (χ0n) is 8.25. The van der Waals surface area contributed by atoms with Crippen molar-refractivity contribution in [2.45, 2.75) is 11.1 Å². The number of alkyl halides is 3. The third-order valence-electron chi connectivity index (χ3n) is 1.52. The molecule has 0 saturated carbocycles. The highest BCUT2D eigenvalue weighted by Crippen LogP contribution is 2.38. The lowest BCUT2D eigenvalue weighted by molar-refractivity contribution is -0.136. The van der Waals surface area contributed by atoms with Crippen molar-refractivity contribution in [2.24, 2.45) is 0 Å². The second kappa shape index (κ2) is 5.59. The molecule has 0 aliphatic rings. The average molecular weight is 325 g/mol. The number of rotatable bonds is 5. The third kappa shape index (κ3) is 3.97. The van der Waals surface area contributed by atoms with Crippen LogP contribution >= 0.6 is 19.6 Å². The Balaban J connectivity index is 2.93. The predicted octanol–water partition coefficient (Wildman–Crippen LogP) is 2.10. The molecule has 1 aromatic rings. The van der Waals surface area contributed by atoms with E-state index < -0.39 is 41.1 Å². The Morgan fingerprint density at radius 3 is 2.56 bits per heavy atom. The van der Waals surface area contributed by atoms with Crippen LogP contribution in [-0.2, 0) is 29.6 Å². The lowest BCUT2D eigenvalue weighted by atomic mass is 10.5. The molecule has 6 nitrogen and oxygen atoms in total. The number of halogens is 3. The molecule has 0 aromatic carbocycles. The van der Waals surface area contributed by atoms with Gasteiger partial charge in [-0.25, -0.2) is 4.18 Å². The van der Waals surface area contributed by atoms with E-state index in [0.717, 1.165) is 11.4 Å². The summed E-state index contributed by atoms with van der Waals surface area (Å²) in [7, 11) is -7.80. The van der Waals surface area contributed by atoms with Gasteiger partial charge in [0.15, 0.2) is 0 Å². The highest BCUT2D eigenvalue weighted by molar-refractivity contribution is 7.87. The Morgan fingerprint density at radius 2 is 2.06 bits per heavy atom. The van der Waals surface area contributed by atoms with Gasteiger partial charge in [-0.15, -0.1) is 16.2 Å². The molecule has 0 fully saturated rings. The van der Waals surface area contributed by atoms with E-state index >= 15 is 0 Å². The van der Waals surface area contributed by atoms with E-state index in [-0.39, 0.29) is 11.3 Å². The van der Waals surface area contributed by atoms with Crippen molar-refractivity contribution < 1.29 is 39.8 Å². The number of hydrogen-bond acceptors (Lipinski definition) is 6. The van der Waals surface area contributed by atoms with E-state index in [1.807, 2.05) is 0 Å².